The molecule has 0 bridgehead atoms. The van der Waals surface area contributed by atoms with E-state index in [0.29, 0.717) is 25.6 Å². The van der Waals surface area contributed by atoms with Gasteiger partial charge in [-0.2, -0.15) is 17.0 Å². The average molecular weight is 289 g/mol. The van der Waals surface area contributed by atoms with Gasteiger partial charge in [0.05, 0.1) is 0 Å². The lowest BCUT2D eigenvalue weighted by Gasteiger charge is -2.38. The van der Waals surface area contributed by atoms with Crippen LogP contribution in [0.4, 0.5) is 0 Å². The Hall–Kier alpha value is -0.170. The van der Waals surface area contributed by atoms with E-state index >= 15 is 0 Å². The molecule has 2 aliphatic rings. The third-order valence-electron chi connectivity index (χ3n) is 3.94. The molecule has 0 aromatic rings. The van der Waals surface area contributed by atoms with E-state index in [1.807, 2.05) is 0 Å². The Kier molecular flexibility index (Phi) is 4.87. The van der Waals surface area contributed by atoms with Gasteiger partial charge in [-0.1, -0.05) is 20.3 Å². The van der Waals surface area contributed by atoms with Crippen molar-refractivity contribution < 1.29 is 8.42 Å². The number of rotatable bonds is 6. The smallest absolute Gasteiger partial charge is 0.282 e. The van der Waals surface area contributed by atoms with Crippen LogP contribution in [0.25, 0.3) is 0 Å². The molecule has 5 nitrogen and oxygen atoms in total. The molecule has 1 aliphatic carbocycles. The Morgan fingerprint density at radius 2 is 1.95 bits per heavy atom. The highest BCUT2D eigenvalue weighted by molar-refractivity contribution is 7.86. The summed E-state index contributed by atoms with van der Waals surface area (Å²) in [4.78, 5) is 0. The first-order valence-electron chi connectivity index (χ1n) is 7.45. The maximum atomic E-state index is 12.9. The van der Waals surface area contributed by atoms with Crippen LogP contribution < -0.4 is 5.73 Å². The summed E-state index contributed by atoms with van der Waals surface area (Å²) in [5.41, 5.74) is 5.76. The van der Waals surface area contributed by atoms with Crippen molar-refractivity contribution in [2.45, 2.75) is 58.0 Å². The van der Waals surface area contributed by atoms with E-state index in [2.05, 4.69) is 13.8 Å². The molecule has 112 valence electrons. The monoisotopic (exact) mass is 289 g/mol. The molecule has 0 aromatic carbocycles. The van der Waals surface area contributed by atoms with Gasteiger partial charge in [0.2, 0.25) is 0 Å². The lowest BCUT2D eigenvalue weighted by Crippen LogP contribution is -2.54. The first kappa shape index (κ1) is 15.2. The van der Waals surface area contributed by atoms with Crippen LogP contribution in [0.1, 0.15) is 46.0 Å². The van der Waals surface area contributed by atoms with E-state index in [1.54, 1.807) is 8.61 Å². The molecule has 1 unspecified atom stereocenters. The zero-order valence-corrected chi connectivity index (χ0v) is 12.9. The summed E-state index contributed by atoms with van der Waals surface area (Å²) in [5.74, 6) is 0.358. The van der Waals surface area contributed by atoms with Gasteiger partial charge in [0.15, 0.2) is 0 Å². The molecule has 2 N–H and O–H groups in total. The highest BCUT2D eigenvalue weighted by atomic mass is 32.2. The zero-order chi connectivity index (χ0) is 14.0. The maximum Gasteiger partial charge on any atom is 0.282 e. The summed E-state index contributed by atoms with van der Waals surface area (Å²) in [6.07, 6.45) is 4.95. The van der Waals surface area contributed by atoms with Crippen molar-refractivity contribution in [2.24, 2.45) is 11.7 Å². The lowest BCUT2D eigenvalue weighted by atomic mass is 10.1. The van der Waals surface area contributed by atoms with Crippen LogP contribution in [-0.2, 0) is 10.2 Å². The maximum absolute atomic E-state index is 12.9. The van der Waals surface area contributed by atoms with E-state index in [9.17, 15) is 8.42 Å². The highest BCUT2D eigenvalue weighted by Gasteiger charge is 2.42. The van der Waals surface area contributed by atoms with E-state index in [4.69, 9.17) is 5.73 Å². The van der Waals surface area contributed by atoms with Crippen LogP contribution in [0, 0.1) is 5.92 Å². The Morgan fingerprint density at radius 3 is 2.47 bits per heavy atom. The van der Waals surface area contributed by atoms with E-state index in [-0.39, 0.29) is 12.1 Å². The van der Waals surface area contributed by atoms with Crippen molar-refractivity contribution in [1.29, 1.82) is 0 Å². The SMILES string of the molecule is CC(C)CN(C1CC1)S(=O)(=O)N1CCCCC1CN. The zero-order valence-electron chi connectivity index (χ0n) is 12.1. The standard InChI is InChI=1S/C13H27N3O2S/c1-11(2)10-16(12-6-7-12)19(17,18)15-8-4-3-5-13(15)9-14/h11-13H,3-10,14H2,1-2H3. The molecule has 0 amide bonds. The Labute approximate surface area is 117 Å². The van der Waals surface area contributed by atoms with Gasteiger partial charge in [-0.3, -0.25) is 0 Å². The number of hydrogen-bond acceptors (Lipinski definition) is 3. The van der Waals surface area contributed by atoms with Crippen LogP contribution in [0.3, 0.4) is 0 Å². The minimum absolute atomic E-state index is 0.00726. The van der Waals surface area contributed by atoms with Crippen molar-refractivity contribution in [3.63, 3.8) is 0 Å². The molecule has 2 fully saturated rings. The molecule has 0 aromatic heterocycles. The normalized spacial score (nSPS) is 26.3. The minimum atomic E-state index is -3.33. The van der Waals surface area contributed by atoms with Gasteiger partial charge >= 0.3 is 0 Å². The van der Waals surface area contributed by atoms with Crippen molar-refractivity contribution in [1.82, 2.24) is 8.61 Å². The molecule has 1 heterocycles. The second-order valence-corrected chi connectivity index (χ2v) is 8.03. The quantitative estimate of drug-likeness (QED) is 0.798. The second kappa shape index (κ2) is 6.08. The first-order chi connectivity index (χ1) is 8.96. The highest BCUT2D eigenvalue weighted by Crippen LogP contribution is 2.33. The molecule has 0 radical (unpaired) electrons. The minimum Gasteiger partial charge on any atom is -0.329 e. The molecule has 19 heavy (non-hydrogen) atoms. The number of nitrogens with two attached hydrogens (primary N) is 1. The molecular weight excluding hydrogens is 262 g/mol. The fourth-order valence-electron chi connectivity index (χ4n) is 2.80. The van der Waals surface area contributed by atoms with Gasteiger partial charge in [0.1, 0.15) is 0 Å². The Morgan fingerprint density at radius 1 is 1.26 bits per heavy atom. The van der Waals surface area contributed by atoms with Gasteiger partial charge in [0.25, 0.3) is 10.2 Å². The largest absolute Gasteiger partial charge is 0.329 e. The second-order valence-electron chi connectivity index (χ2n) is 6.20. The summed E-state index contributed by atoms with van der Waals surface area (Å²) >= 11 is 0. The third kappa shape index (κ3) is 3.48. The number of piperidine rings is 1. The molecule has 1 aliphatic heterocycles. The van der Waals surface area contributed by atoms with Crippen LogP contribution in [0.15, 0.2) is 0 Å². The summed E-state index contributed by atoms with van der Waals surface area (Å²) in [6, 6.07) is 0.222. The van der Waals surface area contributed by atoms with Crippen molar-refractivity contribution >= 4 is 10.2 Å². The van der Waals surface area contributed by atoms with Gasteiger partial charge in [-0.15, -0.1) is 0 Å². The Balaban J connectivity index is 2.17. The third-order valence-corrected chi connectivity index (χ3v) is 6.05. The first-order valence-corrected chi connectivity index (χ1v) is 8.85. The van der Waals surface area contributed by atoms with E-state index in [1.165, 1.54) is 0 Å². The van der Waals surface area contributed by atoms with Gasteiger partial charge in [0, 0.05) is 31.7 Å². The molecular formula is C13H27N3O2S. The molecule has 1 saturated carbocycles. The fourth-order valence-corrected chi connectivity index (χ4v) is 5.07. The van der Waals surface area contributed by atoms with Gasteiger partial charge in [-0.05, 0) is 31.6 Å². The van der Waals surface area contributed by atoms with Gasteiger partial charge in [-0.25, -0.2) is 0 Å². The van der Waals surface area contributed by atoms with Crippen LogP contribution in [0.5, 0.6) is 0 Å². The Bertz CT molecular complexity index is 385. The summed E-state index contributed by atoms with van der Waals surface area (Å²) in [7, 11) is -3.33. The summed E-state index contributed by atoms with van der Waals surface area (Å²) < 4.78 is 29.1. The average Bonchev–Trinajstić information content (AvgIpc) is 3.19. The van der Waals surface area contributed by atoms with E-state index < -0.39 is 10.2 Å². The van der Waals surface area contributed by atoms with Crippen molar-refractivity contribution in [2.75, 3.05) is 19.6 Å². The molecule has 0 spiro atoms. The van der Waals surface area contributed by atoms with Crippen LogP contribution in [0.2, 0.25) is 0 Å². The fraction of sp³-hybridized carbons (Fsp3) is 1.00. The van der Waals surface area contributed by atoms with E-state index in [0.717, 1.165) is 32.1 Å². The summed E-state index contributed by atoms with van der Waals surface area (Å²) in [5, 5.41) is 0. The predicted molar refractivity (Wildman–Crippen MR) is 76.9 cm³/mol. The lowest BCUT2D eigenvalue weighted by molar-refractivity contribution is 0.228. The van der Waals surface area contributed by atoms with Crippen LogP contribution in [-0.4, -0.2) is 48.7 Å². The predicted octanol–water partition coefficient (Wildman–Crippen LogP) is 1.16. The number of nitrogens with zero attached hydrogens (tertiary/aromatic N) is 2. The topological polar surface area (TPSA) is 66.6 Å². The molecule has 6 heteroatoms. The van der Waals surface area contributed by atoms with Crippen LogP contribution >= 0.6 is 0 Å². The van der Waals surface area contributed by atoms with Crippen molar-refractivity contribution in [3.05, 3.63) is 0 Å². The molecule has 1 atom stereocenters. The molecule has 2 rings (SSSR count). The molecule has 1 saturated heterocycles. The van der Waals surface area contributed by atoms with Crippen molar-refractivity contribution in [3.8, 4) is 0 Å². The summed E-state index contributed by atoms with van der Waals surface area (Å²) in [6.45, 7) is 5.83. The number of hydrogen-bond donors (Lipinski definition) is 1. The van der Waals surface area contributed by atoms with Gasteiger partial charge < -0.3 is 5.73 Å².